The number of carboxylic acids is 1. The molecule has 0 unspecified atom stereocenters. The van der Waals surface area contributed by atoms with Gasteiger partial charge >= 0.3 is 12.1 Å². The highest BCUT2D eigenvalue weighted by atomic mass is 19.4. The van der Waals surface area contributed by atoms with Gasteiger partial charge in [-0.25, -0.2) is 0 Å². The highest BCUT2D eigenvalue weighted by molar-refractivity contribution is 5.97. The van der Waals surface area contributed by atoms with E-state index in [9.17, 15) is 22.8 Å². The number of halogens is 3. The molecule has 140 valence electrons. The van der Waals surface area contributed by atoms with E-state index in [0.717, 1.165) is 16.8 Å². The Morgan fingerprint density at radius 1 is 1.19 bits per heavy atom. The van der Waals surface area contributed by atoms with Crippen molar-refractivity contribution in [1.29, 1.82) is 0 Å². The van der Waals surface area contributed by atoms with Gasteiger partial charge in [0.05, 0.1) is 16.8 Å². The molecule has 5 nitrogen and oxygen atoms in total. The maximum Gasteiger partial charge on any atom is 0.417 e. The van der Waals surface area contributed by atoms with E-state index in [0.29, 0.717) is 16.3 Å². The van der Waals surface area contributed by atoms with E-state index in [2.05, 4.69) is 4.98 Å². The largest absolute Gasteiger partial charge is 0.481 e. The summed E-state index contributed by atoms with van der Waals surface area (Å²) >= 11 is 0. The number of nitrogens with zero attached hydrogens (tertiary/aromatic N) is 2. The van der Waals surface area contributed by atoms with Gasteiger partial charge in [-0.1, -0.05) is 18.2 Å². The number of aliphatic carboxylic acids is 1. The van der Waals surface area contributed by atoms with Crippen molar-refractivity contribution < 1.29 is 23.1 Å². The first-order valence-corrected chi connectivity index (χ1v) is 8.05. The molecule has 0 saturated carbocycles. The fourth-order valence-electron chi connectivity index (χ4n) is 3.03. The molecule has 3 rings (SSSR count). The van der Waals surface area contributed by atoms with Crippen LogP contribution in [0.2, 0.25) is 0 Å². The molecule has 0 bridgehead atoms. The van der Waals surface area contributed by atoms with Crippen LogP contribution in [0.3, 0.4) is 0 Å². The summed E-state index contributed by atoms with van der Waals surface area (Å²) in [4.78, 5) is 27.4. The molecule has 0 atom stereocenters. The Hall–Kier alpha value is -3.16. The van der Waals surface area contributed by atoms with Gasteiger partial charge < -0.3 is 9.67 Å². The molecule has 8 heteroatoms. The highest BCUT2D eigenvalue weighted by Crippen LogP contribution is 2.37. The van der Waals surface area contributed by atoms with Crippen LogP contribution in [0, 0.1) is 0 Å². The van der Waals surface area contributed by atoms with Gasteiger partial charge in [0.1, 0.15) is 0 Å². The molecule has 0 amide bonds. The summed E-state index contributed by atoms with van der Waals surface area (Å²) in [5.74, 6) is -0.974. The normalized spacial score (nSPS) is 11.7. The number of hydrogen-bond acceptors (Lipinski definition) is 3. The molecular weight excluding hydrogens is 361 g/mol. The molecule has 0 aliphatic carbocycles. The lowest BCUT2D eigenvalue weighted by molar-refractivity contribution is -0.138. The van der Waals surface area contributed by atoms with Crippen LogP contribution in [0.25, 0.3) is 22.0 Å². The van der Waals surface area contributed by atoms with E-state index >= 15 is 0 Å². The summed E-state index contributed by atoms with van der Waals surface area (Å²) in [7, 11) is 1.37. The summed E-state index contributed by atoms with van der Waals surface area (Å²) in [5, 5.41) is 9.83. The Bertz CT molecular complexity index is 1090. The summed E-state index contributed by atoms with van der Waals surface area (Å²) < 4.78 is 41.5. The molecule has 0 radical (unpaired) electrons. The average molecular weight is 376 g/mol. The number of carboxylic acid groups (broad SMARTS) is 1. The van der Waals surface area contributed by atoms with Crippen LogP contribution in [-0.2, 0) is 24.4 Å². The molecule has 2 aromatic heterocycles. The maximum atomic E-state index is 13.5. The van der Waals surface area contributed by atoms with E-state index in [1.54, 1.807) is 24.3 Å². The molecule has 0 spiro atoms. The van der Waals surface area contributed by atoms with Crippen LogP contribution >= 0.6 is 0 Å². The number of aryl methyl sites for hydroxylation is 2. The number of hydrogen-bond donors (Lipinski definition) is 1. The first-order valence-electron chi connectivity index (χ1n) is 8.05. The van der Waals surface area contributed by atoms with E-state index < -0.39 is 28.8 Å². The fraction of sp³-hybridized carbons (Fsp3) is 0.211. The summed E-state index contributed by atoms with van der Waals surface area (Å²) in [5.41, 5.74) is -1.78. The van der Waals surface area contributed by atoms with Gasteiger partial charge in [-0.2, -0.15) is 13.2 Å². The number of aromatic nitrogens is 2. The van der Waals surface area contributed by atoms with Gasteiger partial charge in [0.15, 0.2) is 0 Å². The van der Waals surface area contributed by atoms with Crippen molar-refractivity contribution in [2.75, 3.05) is 0 Å². The van der Waals surface area contributed by atoms with Crippen molar-refractivity contribution in [2.24, 2.45) is 7.05 Å². The van der Waals surface area contributed by atoms with E-state index in [-0.39, 0.29) is 18.5 Å². The zero-order valence-electron chi connectivity index (χ0n) is 14.2. The predicted octanol–water partition coefficient (Wildman–Crippen LogP) is 3.64. The average Bonchev–Trinajstić information content (AvgIpc) is 2.60. The monoisotopic (exact) mass is 376 g/mol. The first kappa shape index (κ1) is 18.6. The van der Waals surface area contributed by atoms with Crippen molar-refractivity contribution in [1.82, 2.24) is 9.55 Å². The van der Waals surface area contributed by atoms with Crippen LogP contribution in [0.1, 0.15) is 17.5 Å². The molecule has 3 aromatic rings. The number of fused-ring (bicyclic) bond motifs is 1. The van der Waals surface area contributed by atoms with E-state index in [1.165, 1.54) is 13.2 Å². The summed E-state index contributed by atoms with van der Waals surface area (Å²) in [6.45, 7) is 0. The molecule has 0 aliphatic rings. The SMILES string of the molecule is Cn1ccc(C(F)(F)F)c(-c2nccc3c(CCC(=O)O)cccc23)c1=O. The van der Waals surface area contributed by atoms with Crippen LogP contribution in [0.4, 0.5) is 13.2 Å². The molecule has 0 fully saturated rings. The molecule has 1 aromatic carbocycles. The minimum absolute atomic E-state index is 0.0711. The van der Waals surface area contributed by atoms with Gasteiger partial charge in [0.25, 0.3) is 5.56 Å². The van der Waals surface area contributed by atoms with Crippen molar-refractivity contribution in [3.63, 3.8) is 0 Å². The van der Waals surface area contributed by atoms with E-state index in [1.807, 2.05) is 0 Å². The molecule has 1 N–H and O–H groups in total. The minimum atomic E-state index is -4.71. The second-order valence-electron chi connectivity index (χ2n) is 6.08. The Morgan fingerprint density at radius 3 is 2.59 bits per heavy atom. The number of alkyl halides is 3. The van der Waals surface area contributed by atoms with Crippen molar-refractivity contribution in [3.8, 4) is 11.3 Å². The molecule has 0 saturated heterocycles. The van der Waals surface area contributed by atoms with Crippen LogP contribution in [-0.4, -0.2) is 20.6 Å². The van der Waals surface area contributed by atoms with Crippen LogP contribution in [0.5, 0.6) is 0 Å². The smallest absolute Gasteiger partial charge is 0.417 e. The topological polar surface area (TPSA) is 72.2 Å². The number of rotatable bonds is 4. The van der Waals surface area contributed by atoms with Crippen molar-refractivity contribution in [2.45, 2.75) is 19.0 Å². The zero-order chi connectivity index (χ0) is 19.8. The van der Waals surface area contributed by atoms with Crippen LogP contribution < -0.4 is 5.56 Å². The van der Waals surface area contributed by atoms with Crippen molar-refractivity contribution >= 4 is 16.7 Å². The lowest BCUT2D eigenvalue weighted by atomic mass is 9.96. The quantitative estimate of drug-likeness (QED) is 0.755. The Kier molecular flexibility index (Phi) is 4.73. The Balaban J connectivity index is 2.31. The lowest BCUT2D eigenvalue weighted by Crippen LogP contribution is -2.23. The first-order chi connectivity index (χ1) is 12.7. The van der Waals surface area contributed by atoms with Gasteiger partial charge in [-0.05, 0) is 29.5 Å². The third-order valence-corrected chi connectivity index (χ3v) is 4.32. The third-order valence-electron chi connectivity index (χ3n) is 4.32. The zero-order valence-corrected chi connectivity index (χ0v) is 14.2. The summed E-state index contributed by atoms with van der Waals surface area (Å²) in [6, 6.07) is 7.37. The number of benzene rings is 1. The fourth-order valence-corrected chi connectivity index (χ4v) is 3.03. The van der Waals surface area contributed by atoms with Crippen LogP contribution in [0.15, 0.2) is 47.5 Å². The van der Waals surface area contributed by atoms with Gasteiger partial charge in [-0.3, -0.25) is 14.6 Å². The highest BCUT2D eigenvalue weighted by Gasteiger charge is 2.36. The predicted molar refractivity (Wildman–Crippen MR) is 93.4 cm³/mol. The third kappa shape index (κ3) is 3.55. The van der Waals surface area contributed by atoms with Crippen molar-refractivity contribution in [3.05, 3.63) is 64.2 Å². The van der Waals surface area contributed by atoms with Gasteiger partial charge in [-0.15, -0.1) is 0 Å². The molecule has 0 aliphatic heterocycles. The number of pyridine rings is 2. The second kappa shape index (κ2) is 6.86. The second-order valence-corrected chi connectivity index (χ2v) is 6.08. The van der Waals surface area contributed by atoms with E-state index in [4.69, 9.17) is 5.11 Å². The van der Waals surface area contributed by atoms with Gasteiger partial charge in [0.2, 0.25) is 0 Å². The minimum Gasteiger partial charge on any atom is -0.481 e. The molecule has 27 heavy (non-hydrogen) atoms. The standard InChI is InChI=1S/C19H15F3N2O3/c1-24-10-8-14(19(20,21)22)16(18(24)27)17-13-4-2-3-11(5-6-15(25)26)12(13)7-9-23-17/h2-4,7-10H,5-6H2,1H3,(H,25,26). The number of carbonyl (C=O) groups is 1. The summed E-state index contributed by atoms with van der Waals surface area (Å²) in [6.07, 6.45) is -2.22. The Labute approximate surface area is 151 Å². The Morgan fingerprint density at radius 2 is 1.93 bits per heavy atom. The molecular formula is C19H15F3N2O3. The lowest BCUT2D eigenvalue weighted by Gasteiger charge is -2.15. The van der Waals surface area contributed by atoms with Gasteiger partial charge in [0, 0.05) is 31.2 Å². The molecule has 2 heterocycles. The maximum absolute atomic E-state index is 13.5.